The van der Waals surface area contributed by atoms with Gasteiger partial charge in [0, 0.05) is 10.6 Å². The van der Waals surface area contributed by atoms with Crippen LogP contribution in [0, 0.1) is 17.8 Å². The van der Waals surface area contributed by atoms with Gasteiger partial charge < -0.3 is 14.6 Å². The highest BCUT2D eigenvalue weighted by atomic mass is 35.5. The Morgan fingerprint density at radius 1 is 0.917 bits per heavy atom. The van der Waals surface area contributed by atoms with E-state index in [1.54, 1.807) is 0 Å². The molecule has 0 atom stereocenters. The van der Waals surface area contributed by atoms with Gasteiger partial charge in [-0.2, -0.15) is 0 Å². The monoisotopic (exact) mass is 497 g/mol. The summed E-state index contributed by atoms with van der Waals surface area (Å²) < 4.78 is 6.51. The average molecular weight is 498 g/mol. The lowest BCUT2D eigenvalue weighted by Crippen LogP contribution is -2.48. The minimum absolute atomic E-state index is 0.181. The van der Waals surface area contributed by atoms with E-state index in [4.69, 9.17) is 16.3 Å². The van der Waals surface area contributed by atoms with E-state index in [2.05, 4.69) is 42.5 Å². The number of hydrogen-bond donors (Lipinski definition) is 0. The second-order valence-corrected chi connectivity index (χ2v) is 11.5. The molecule has 4 saturated carbocycles. The summed E-state index contributed by atoms with van der Waals surface area (Å²) in [6.07, 6.45) is 10.5. The highest BCUT2D eigenvalue weighted by Crippen LogP contribution is 2.62. The highest BCUT2D eigenvalue weighted by molar-refractivity contribution is 6.32. The Morgan fingerprint density at radius 2 is 1.56 bits per heavy atom. The Labute approximate surface area is 217 Å². The number of aliphatic carboxylic acids is 1. The van der Waals surface area contributed by atoms with Gasteiger partial charge in [-0.1, -0.05) is 60.1 Å². The second kappa shape index (κ2) is 9.44. The van der Waals surface area contributed by atoms with Crippen LogP contribution in [-0.2, 0) is 16.8 Å². The second-order valence-electron chi connectivity index (χ2n) is 11.1. The zero-order valence-electron chi connectivity index (χ0n) is 20.3. The third kappa shape index (κ3) is 4.57. The largest absolute Gasteiger partial charge is 0.545 e. The molecule has 4 heteroatoms. The maximum atomic E-state index is 10.9. The smallest absolute Gasteiger partial charge is 0.123 e. The van der Waals surface area contributed by atoms with Gasteiger partial charge in [-0.05, 0) is 114 Å². The van der Waals surface area contributed by atoms with Gasteiger partial charge in [0.15, 0.2) is 0 Å². The van der Waals surface area contributed by atoms with Gasteiger partial charge in [0.25, 0.3) is 0 Å². The Morgan fingerprint density at radius 3 is 2.22 bits per heavy atom. The first kappa shape index (κ1) is 23.4. The van der Waals surface area contributed by atoms with E-state index >= 15 is 0 Å². The minimum atomic E-state index is -1.24. The van der Waals surface area contributed by atoms with Gasteiger partial charge in [0.1, 0.15) is 12.4 Å². The van der Waals surface area contributed by atoms with Gasteiger partial charge in [0.2, 0.25) is 0 Å². The molecule has 184 valence electrons. The molecule has 4 aliphatic carbocycles. The van der Waals surface area contributed by atoms with Crippen molar-refractivity contribution in [1.29, 1.82) is 0 Å². The minimum Gasteiger partial charge on any atom is -0.545 e. The summed E-state index contributed by atoms with van der Waals surface area (Å²) in [4.78, 5) is 10.9. The number of hydrogen-bond acceptors (Lipinski definition) is 3. The molecule has 0 heterocycles. The number of rotatable bonds is 7. The van der Waals surface area contributed by atoms with Crippen molar-refractivity contribution in [2.75, 3.05) is 0 Å². The van der Waals surface area contributed by atoms with Crippen LogP contribution in [0.2, 0.25) is 5.02 Å². The summed E-state index contributed by atoms with van der Waals surface area (Å²) in [7, 11) is 0. The summed E-state index contributed by atoms with van der Waals surface area (Å²) in [5, 5.41) is 11.4. The fourth-order valence-electron chi connectivity index (χ4n) is 7.43. The molecule has 36 heavy (non-hydrogen) atoms. The molecule has 7 rings (SSSR count). The van der Waals surface area contributed by atoms with E-state index in [1.165, 1.54) is 55.7 Å². The molecule has 0 aromatic heterocycles. The third-order valence-corrected chi connectivity index (χ3v) is 8.90. The predicted molar refractivity (Wildman–Crippen MR) is 142 cm³/mol. The van der Waals surface area contributed by atoms with Crippen LogP contribution in [0.4, 0.5) is 0 Å². The van der Waals surface area contributed by atoms with Crippen LogP contribution in [-0.4, -0.2) is 5.97 Å². The Balaban J connectivity index is 1.40. The third-order valence-electron chi connectivity index (χ3n) is 8.55. The van der Waals surface area contributed by atoms with Crippen LogP contribution < -0.4 is 9.84 Å². The van der Waals surface area contributed by atoms with E-state index < -0.39 is 5.97 Å². The molecule has 0 spiro atoms. The van der Waals surface area contributed by atoms with E-state index in [0.717, 1.165) is 40.7 Å². The van der Waals surface area contributed by atoms with Crippen LogP contribution in [0.25, 0.3) is 17.2 Å². The first-order chi connectivity index (χ1) is 17.5. The van der Waals surface area contributed by atoms with Gasteiger partial charge in [-0.3, -0.25) is 0 Å². The van der Waals surface area contributed by atoms with Crippen LogP contribution in [0.3, 0.4) is 0 Å². The summed E-state index contributed by atoms with van der Waals surface area (Å²) in [6.45, 7) is 0.554. The molecule has 0 radical (unpaired) electrons. The van der Waals surface area contributed by atoms with Crippen molar-refractivity contribution in [3.8, 4) is 16.9 Å². The SMILES string of the molecule is O=C([O-])/C=C/c1cc(-c2ccc(OCc3ccccc3)c(C34CC5CC(CC(C5)C3)C4)c2)ccc1Cl. The molecule has 0 amide bonds. The summed E-state index contributed by atoms with van der Waals surface area (Å²) in [5.74, 6) is 2.26. The van der Waals surface area contributed by atoms with Gasteiger partial charge in [0.05, 0.1) is 5.97 Å². The number of halogens is 1. The molecule has 4 aliphatic rings. The van der Waals surface area contributed by atoms with E-state index in [0.29, 0.717) is 17.2 Å². The summed E-state index contributed by atoms with van der Waals surface area (Å²) >= 11 is 6.35. The number of benzene rings is 3. The standard InChI is InChI=1S/C32H31ClO3/c33-29-9-6-25(15-27(29)8-11-31(34)35)26-7-10-30(36-20-21-4-2-1-3-5-21)28(16-26)32-17-22-12-23(18-32)14-24(13-22)19-32/h1-11,15-16,22-24H,12-14,17-20H2,(H,34,35)/p-1/b11-8+. The van der Waals surface area contributed by atoms with Crippen LogP contribution in [0.15, 0.2) is 72.8 Å². The molecule has 4 fully saturated rings. The molecule has 0 saturated heterocycles. The number of ether oxygens (including phenoxy) is 1. The van der Waals surface area contributed by atoms with Crippen molar-refractivity contribution in [2.45, 2.75) is 50.5 Å². The molecule has 0 N–H and O–H groups in total. The number of carboxylic acids is 1. The zero-order valence-corrected chi connectivity index (χ0v) is 21.0. The molecule has 3 aromatic carbocycles. The molecule has 0 aliphatic heterocycles. The highest BCUT2D eigenvalue weighted by Gasteiger charge is 2.52. The molecule has 4 bridgehead atoms. The Bertz CT molecular complexity index is 1270. The first-order valence-electron chi connectivity index (χ1n) is 13.0. The van der Waals surface area contributed by atoms with Crippen molar-refractivity contribution < 1.29 is 14.6 Å². The lowest BCUT2D eigenvalue weighted by Gasteiger charge is -2.57. The van der Waals surface area contributed by atoms with Crippen molar-refractivity contribution in [3.63, 3.8) is 0 Å². The molecule has 0 unspecified atom stereocenters. The van der Waals surface area contributed by atoms with Crippen molar-refractivity contribution in [1.82, 2.24) is 0 Å². The normalized spacial score (nSPS) is 26.4. The fourth-order valence-corrected chi connectivity index (χ4v) is 7.62. The Kier molecular flexibility index (Phi) is 6.13. The number of carbonyl (C=O) groups excluding carboxylic acids is 1. The summed E-state index contributed by atoms with van der Waals surface area (Å²) in [5.41, 5.74) is 5.47. The quantitative estimate of drug-likeness (QED) is 0.336. The van der Waals surface area contributed by atoms with Gasteiger partial charge >= 0.3 is 0 Å². The number of carboxylic acid groups (broad SMARTS) is 1. The molecular weight excluding hydrogens is 468 g/mol. The molecule has 3 nitrogen and oxygen atoms in total. The average Bonchev–Trinajstić information content (AvgIpc) is 2.87. The van der Waals surface area contributed by atoms with E-state index in [1.807, 2.05) is 24.3 Å². The van der Waals surface area contributed by atoms with Crippen LogP contribution >= 0.6 is 11.6 Å². The van der Waals surface area contributed by atoms with Crippen molar-refractivity contribution in [2.24, 2.45) is 17.8 Å². The van der Waals surface area contributed by atoms with Gasteiger partial charge in [-0.25, -0.2) is 0 Å². The predicted octanol–water partition coefficient (Wildman–Crippen LogP) is 6.82. The van der Waals surface area contributed by atoms with Crippen LogP contribution in [0.5, 0.6) is 5.75 Å². The first-order valence-corrected chi connectivity index (χ1v) is 13.4. The van der Waals surface area contributed by atoms with Crippen molar-refractivity contribution >= 4 is 23.6 Å². The summed E-state index contributed by atoms with van der Waals surface area (Å²) in [6, 6.07) is 22.7. The Hall–Kier alpha value is -3.04. The maximum absolute atomic E-state index is 10.9. The van der Waals surface area contributed by atoms with Crippen LogP contribution in [0.1, 0.15) is 55.2 Å². The maximum Gasteiger partial charge on any atom is 0.123 e. The topological polar surface area (TPSA) is 49.4 Å². The lowest BCUT2D eigenvalue weighted by molar-refractivity contribution is -0.297. The van der Waals surface area contributed by atoms with Gasteiger partial charge in [-0.15, -0.1) is 0 Å². The number of carbonyl (C=O) groups is 1. The van der Waals surface area contributed by atoms with E-state index in [9.17, 15) is 9.90 Å². The lowest BCUT2D eigenvalue weighted by atomic mass is 9.48. The van der Waals surface area contributed by atoms with E-state index in [-0.39, 0.29) is 5.41 Å². The fraction of sp³-hybridized carbons (Fsp3) is 0.344. The zero-order chi connectivity index (χ0) is 24.7. The molecule has 3 aromatic rings. The van der Waals surface area contributed by atoms with Crippen molar-refractivity contribution in [3.05, 3.63) is 94.5 Å². The molecular formula is C32H30ClO3-.